The minimum absolute atomic E-state index is 0.142. The van der Waals surface area contributed by atoms with E-state index in [4.69, 9.17) is 0 Å². The summed E-state index contributed by atoms with van der Waals surface area (Å²) in [6.45, 7) is 1.94. The number of carbonyl (C=O) groups excluding carboxylic acids is 2. The SMILES string of the molecule is Cc1ccc(C(=O)CC2CC2)cc1NC(=O)c1cc(-c2ccccc2)cs1. The fourth-order valence-electron chi connectivity index (χ4n) is 3.05. The van der Waals surface area contributed by atoms with E-state index < -0.39 is 0 Å². The van der Waals surface area contributed by atoms with Crippen molar-refractivity contribution < 1.29 is 9.59 Å². The van der Waals surface area contributed by atoms with Gasteiger partial charge in [0.25, 0.3) is 5.91 Å². The van der Waals surface area contributed by atoms with Crippen molar-refractivity contribution in [3.63, 3.8) is 0 Å². The molecule has 136 valence electrons. The normalized spacial score (nSPS) is 13.4. The number of hydrogen-bond donors (Lipinski definition) is 1. The van der Waals surface area contributed by atoms with Crippen molar-refractivity contribution in [2.75, 3.05) is 5.32 Å². The van der Waals surface area contributed by atoms with Gasteiger partial charge in [-0.25, -0.2) is 0 Å². The van der Waals surface area contributed by atoms with Gasteiger partial charge in [0.15, 0.2) is 5.78 Å². The van der Waals surface area contributed by atoms with Crippen molar-refractivity contribution in [1.29, 1.82) is 0 Å². The molecule has 1 N–H and O–H groups in total. The highest BCUT2D eigenvalue weighted by atomic mass is 32.1. The highest BCUT2D eigenvalue weighted by Gasteiger charge is 2.25. The van der Waals surface area contributed by atoms with Crippen LogP contribution in [0.2, 0.25) is 0 Å². The highest BCUT2D eigenvalue weighted by Crippen LogP contribution is 2.34. The number of amides is 1. The molecule has 0 aliphatic heterocycles. The van der Waals surface area contributed by atoms with Crippen LogP contribution in [0.5, 0.6) is 0 Å². The summed E-state index contributed by atoms with van der Waals surface area (Å²) in [7, 11) is 0. The maximum absolute atomic E-state index is 12.7. The molecular formula is C23H21NO2S. The standard InChI is InChI=1S/C23H21NO2S/c1-15-7-10-18(21(25)11-16-8-9-16)12-20(15)24-23(26)22-13-19(14-27-22)17-5-3-2-4-6-17/h2-7,10,12-14,16H,8-9,11H2,1H3,(H,24,26). The Balaban J connectivity index is 1.51. The monoisotopic (exact) mass is 375 g/mol. The van der Waals surface area contributed by atoms with E-state index in [2.05, 4.69) is 5.32 Å². The number of hydrogen-bond acceptors (Lipinski definition) is 3. The first-order valence-electron chi connectivity index (χ1n) is 9.19. The van der Waals surface area contributed by atoms with Gasteiger partial charge in [0.1, 0.15) is 0 Å². The minimum Gasteiger partial charge on any atom is -0.321 e. The average molecular weight is 375 g/mol. The number of anilines is 1. The molecule has 27 heavy (non-hydrogen) atoms. The Labute approximate surface area is 163 Å². The lowest BCUT2D eigenvalue weighted by atomic mass is 10.0. The molecule has 1 saturated carbocycles. The van der Waals surface area contributed by atoms with Gasteiger partial charge in [-0.2, -0.15) is 0 Å². The van der Waals surface area contributed by atoms with E-state index in [0.717, 1.165) is 29.5 Å². The maximum atomic E-state index is 12.7. The molecule has 2 aromatic carbocycles. The van der Waals surface area contributed by atoms with E-state index in [1.54, 1.807) is 0 Å². The minimum atomic E-state index is -0.142. The second-order valence-electron chi connectivity index (χ2n) is 7.12. The van der Waals surface area contributed by atoms with Crippen LogP contribution >= 0.6 is 11.3 Å². The molecule has 0 radical (unpaired) electrons. The van der Waals surface area contributed by atoms with Crippen LogP contribution in [0.1, 0.15) is 44.9 Å². The zero-order valence-corrected chi connectivity index (χ0v) is 16.0. The summed E-state index contributed by atoms with van der Waals surface area (Å²) >= 11 is 1.43. The first kappa shape index (κ1) is 17.7. The van der Waals surface area contributed by atoms with E-state index in [9.17, 15) is 9.59 Å². The quantitative estimate of drug-likeness (QED) is 0.540. The van der Waals surface area contributed by atoms with Crippen LogP contribution in [0.3, 0.4) is 0 Å². The number of ketones is 1. The molecular weight excluding hydrogens is 354 g/mol. The lowest BCUT2D eigenvalue weighted by Crippen LogP contribution is -2.12. The van der Waals surface area contributed by atoms with Crippen molar-refractivity contribution in [2.45, 2.75) is 26.2 Å². The van der Waals surface area contributed by atoms with Crippen molar-refractivity contribution in [3.8, 4) is 11.1 Å². The molecule has 1 heterocycles. The Morgan fingerprint density at radius 2 is 1.81 bits per heavy atom. The Hall–Kier alpha value is -2.72. The second kappa shape index (κ2) is 7.49. The number of carbonyl (C=O) groups is 2. The van der Waals surface area contributed by atoms with Crippen LogP contribution < -0.4 is 5.32 Å². The van der Waals surface area contributed by atoms with E-state index >= 15 is 0 Å². The molecule has 1 aliphatic carbocycles. The molecule has 0 saturated heterocycles. The van der Waals surface area contributed by atoms with Crippen LogP contribution in [-0.4, -0.2) is 11.7 Å². The molecule has 4 heteroatoms. The topological polar surface area (TPSA) is 46.2 Å². The van der Waals surface area contributed by atoms with E-state index in [1.807, 2.05) is 66.9 Å². The summed E-state index contributed by atoms with van der Waals surface area (Å²) in [5.41, 5.74) is 4.47. The second-order valence-corrected chi connectivity index (χ2v) is 8.03. The van der Waals surface area contributed by atoms with Crippen molar-refractivity contribution in [2.24, 2.45) is 5.92 Å². The van der Waals surface area contributed by atoms with Gasteiger partial charge in [0.2, 0.25) is 0 Å². The van der Waals surface area contributed by atoms with E-state index in [0.29, 0.717) is 28.5 Å². The molecule has 1 aliphatic rings. The average Bonchev–Trinajstić information content (AvgIpc) is 3.35. The van der Waals surface area contributed by atoms with Gasteiger partial charge in [0, 0.05) is 17.7 Å². The smallest absolute Gasteiger partial charge is 0.265 e. The zero-order chi connectivity index (χ0) is 18.8. The Morgan fingerprint density at radius 3 is 2.56 bits per heavy atom. The molecule has 0 bridgehead atoms. The summed E-state index contributed by atoms with van der Waals surface area (Å²) in [5.74, 6) is 0.576. The largest absolute Gasteiger partial charge is 0.321 e. The first-order valence-corrected chi connectivity index (χ1v) is 10.1. The summed E-state index contributed by atoms with van der Waals surface area (Å²) in [6.07, 6.45) is 2.93. The highest BCUT2D eigenvalue weighted by molar-refractivity contribution is 7.12. The van der Waals surface area contributed by atoms with Gasteiger partial charge in [-0.05, 0) is 59.9 Å². The zero-order valence-electron chi connectivity index (χ0n) is 15.2. The third-order valence-corrected chi connectivity index (χ3v) is 5.84. The summed E-state index contributed by atoms with van der Waals surface area (Å²) in [6, 6.07) is 17.5. The van der Waals surface area contributed by atoms with Crippen molar-refractivity contribution >= 4 is 28.7 Å². The van der Waals surface area contributed by atoms with Crippen molar-refractivity contribution in [1.82, 2.24) is 0 Å². The number of aryl methyl sites for hydroxylation is 1. The molecule has 0 spiro atoms. The van der Waals surface area contributed by atoms with Crippen LogP contribution in [-0.2, 0) is 0 Å². The third-order valence-electron chi connectivity index (χ3n) is 4.91. The molecule has 0 atom stereocenters. The van der Waals surface area contributed by atoms with Gasteiger partial charge in [-0.15, -0.1) is 11.3 Å². The third kappa shape index (κ3) is 4.17. The Morgan fingerprint density at radius 1 is 1.04 bits per heavy atom. The van der Waals surface area contributed by atoms with Gasteiger partial charge < -0.3 is 5.32 Å². The number of nitrogens with one attached hydrogen (secondary N) is 1. The Bertz CT molecular complexity index is 987. The van der Waals surface area contributed by atoms with Gasteiger partial charge in [-0.1, -0.05) is 42.5 Å². The summed E-state index contributed by atoms with van der Waals surface area (Å²) in [5, 5.41) is 4.97. The lowest BCUT2D eigenvalue weighted by Gasteiger charge is -2.09. The number of Topliss-reactive ketones (excluding diaryl/α,β-unsaturated/α-hetero) is 1. The van der Waals surface area contributed by atoms with Crippen LogP contribution in [0.15, 0.2) is 60.0 Å². The first-order chi connectivity index (χ1) is 13.1. The van der Waals surface area contributed by atoms with Gasteiger partial charge >= 0.3 is 0 Å². The molecule has 1 fully saturated rings. The lowest BCUT2D eigenvalue weighted by molar-refractivity contribution is 0.0974. The van der Waals surface area contributed by atoms with Crippen LogP contribution in [0.4, 0.5) is 5.69 Å². The fourth-order valence-corrected chi connectivity index (χ4v) is 3.86. The number of rotatable bonds is 6. The summed E-state index contributed by atoms with van der Waals surface area (Å²) in [4.78, 5) is 25.7. The number of thiophene rings is 1. The molecule has 3 nitrogen and oxygen atoms in total. The van der Waals surface area contributed by atoms with Gasteiger partial charge in [0.05, 0.1) is 4.88 Å². The fraction of sp³-hybridized carbons (Fsp3) is 0.217. The molecule has 0 unspecified atom stereocenters. The Kier molecular flexibility index (Phi) is 4.90. The number of benzene rings is 2. The molecule has 1 amide bonds. The predicted molar refractivity (Wildman–Crippen MR) is 111 cm³/mol. The van der Waals surface area contributed by atoms with E-state index in [-0.39, 0.29) is 11.7 Å². The maximum Gasteiger partial charge on any atom is 0.265 e. The van der Waals surface area contributed by atoms with Crippen molar-refractivity contribution in [3.05, 3.63) is 76.0 Å². The summed E-state index contributed by atoms with van der Waals surface area (Å²) < 4.78 is 0. The van der Waals surface area contributed by atoms with Gasteiger partial charge in [-0.3, -0.25) is 9.59 Å². The molecule has 3 aromatic rings. The molecule has 4 rings (SSSR count). The van der Waals surface area contributed by atoms with E-state index in [1.165, 1.54) is 11.3 Å². The van der Waals surface area contributed by atoms with Crippen LogP contribution in [0.25, 0.3) is 11.1 Å². The molecule has 1 aromatic heterocycles. The predicted octanol–water partition coefficient (Wildman–Crippen LogP) is 5.96. The van der Waals surface area contributed by atoms with Crippen LogP contribution in [0, 0.1) is 12.8 Å².